The van der Waals surface area contributed by atoms with Gasteiger partial charge in [-0.15, -0.1) is 0 Å². The number of halogens is 1. The van der Waals surface area contributed by atoms with Crippen LogP contribution in [0, 0.1) is 24.6 Å². The minimum absolute atomic E-state index is 0.0608. The normalized spacial score (nSPS) is 23.2. The highest BCUT2D eigenvalue weighted by Gasteiger charge is 2.44. The van der Waals surface area contributed by atoms with Crippen molar-refractivity contribution in [1.29, 1.82) is 0 Å². The van der Waals surface area contributed by atoms with Crippen molar-refractivity contribution in [3.8, 4) is 0 Å². The van der Waals surface area contributed by atoms with E-state index in [2.05, 4.69) is 5.32 Å². The van der Waals surface area contributed by atoms with E-state index in [-0.39, 0.29) is 43.0 Å². The number of nitrogens with zero attached hydrogens (tertiary/aromatic N) is 1. The molecule has 2 amide bonds. The van der Waals surface area contributed by atoms with Gasteiger partial charge in [-0.2, -0.15) is 0 Å². The van der Waals surface area contributed by atoms with E-state index >= 15 is 0 Å². The zero-order valence-electron chi connectivity index (χ0n) is 14.0. The number of carbonyl (C=O) groups excluding carboxylic acids is 2. The van der Waals surface area contributed by atoms with Crippen LogP contribution in [0.4, 0.5) is 10.1 Å². The topological polar surface area (TPSA) is 69.6 Å². The minimum Gasteiger partial charge on any atom is -0.394 e. The number of carbonyl (C=O) groups is 2. The molecular formula is C18H23FN2O3. The average Bonchev–Trinajstić information content (AvgIpc) is 3.31. The van der Waals surface area contributed by atoms with Gasteiger partial charge in [-0.1, -0.05) is 6.07 Å². The Morgan fingerprint density at radius 1 is 1.46 bits per heavy atom. The van der Waals surface area contributed by atoms with Gasteiger partial charge in [0, 0.05) is 13.0 Å². The van der Waals surface area contributed by atoms with Crippen molar-refractivity contribution < 1.29 is 19.1 Å². The Morgan fingerprint density at radius 2 is 2.17 bits per heavy atom. The monoisotopic (exact) mass is 334 g/mol. The summed E-state index contributed by atoms with van der Waals surface area (Å²) in [7, 11) is 0. The molecule has 130 valence electrons. The van der Waals surface area contributed by atoms with Crippen molar-refractivity contribution in [2.24, 2.45) is 11.8 Å². The van der Waals surface area contributed by atoms with Crippen LogP contribution >= 0.6 is 0 Å². The van der Waals surface area contributed by atoms with Crippen LogP contribution in [0.3, 0.4) is 0 Å². The van der Waals surface area contributed by atoms with Gasteiger partial charge >= 0.3 is 0 Å². The molecule has 24 heavy (non-hydrogen) atoms. The third kappa shape index (κ3) is 3.15. The molecule has 1 aliphatic carbocycles. The molecule has 5 nitrogen and oxygen atoms in total. The molecule has 1 aromatic carbocycles. The molecule has 2 fully saturated rings. The van der Waals surface area contributed by atoms with Crippen LogP contribution in [0.25, 0.3) is 0 Å². The third-order valence-corrected chi connectivity index (χ3v) is 5.11. The Kier molecular flexibility index (Phi) is 4.34. The van der Waals surface area contributed by atoms with Gasteiger partial charge in [0.1, 0.15) is 5.82 Å². The molecule has 3 rings (SSSR count). The number of amides is 2. The second-order valence-corrected chi connectivity index (χ2v) is 7.20. The van der Waals surface area contributed by atoms with Gasteiger partial charge in [-0.3, -0.25) is 9.59 Å². The largest absolute Gasteiger partial charge is 0.394 e. The zero-order valence-corrected chi connectivity index (χ0v) is 14.0. The molecule has 1 saturated carbocycles. The molecule has 1 aliphatic heterocycles. The lowest BCUT2D eigenvalue weighted by molar-refractivity contribution is -0.128. The van der Waals surface area contributed by atoms with Gasteiger partial charge in [0.25, 0.3) is 0 Å². The maximum Gasteiger partial charge on any atom is 0.227 e. The molecule has 1 aromatic rings. The number of anilines is 1. The summed E-state index contributed by atoms with van der Waals surface area (Å²) in [5.41, 5.74) is 0.358. The van der Waals surface area contributed by atoms with Crippen LogP contribution in [0.2, 0.25) is 0 Å². The SMILES string of the molecule is Cc1ccc(N2CC(C(=O)NC(C)(CO)C3CC3)CC2=O)c(F)c1. The predicted molar refractivity (Wildman–Crippen MR) is 88.0 cm³/mol. The number of hydrogen-bond donors (Lipinski definition) is 2. The number of rotatable bonds is 5. The van der Waals surface area contributed by atoms with Gasteiger partial charge in [0.2, 0.25) is 11.8 Å². The quantitative estimate of drug-likeness (QED) is 0.862. The molecule has 0 spiro atoms. The predicted octanol–water partition coefficient (Wildman–Crippen LogP) is 1.76. The van der Waals surface area contributed by atoms with Crippen LogP contribution in [0.15, 0.2) is 18.2 Å². The number of nitrogens with one attached hydrogen (secondary N) is 1. The fourth-order valence-corrected chi connectivity index (χ4v) is 3.32. The van der Waals surface area contributed by atoms with Crippen LogP contribution in [0.1, 0.15) is 31.7 Å². The molecule has 0 aromatic heterocycles. The summed E-state index contributed by atoms with van der Waals surface area (Å²) in [5, 5.41) is 12.5. The van der Waals surface area contributed by atoms with Crippen LogP contribution in [-0.2, 0) is 9.59 Å². The lowest BCUT2D eigenvalue weighted by Gasteiger charge is -2.30. The van der Waals surface area contributed by atoms with E-state index in [1.54, 1.807) is 19.1 Å². The maximum atomic E-state index is 14.1. The Labute approximate surface area is 140 Å². The van der Waals surface area contributed by atoms with E-state index in [0.29, 0.717) is 0 Å². The highest BCUT2D eigenvalue weighted by molar-refractivity contribution is 6.00. The van der Waals surface area contributed by atoms with Crippen molar-refractivity contribution in [1.82, 2.24) is 5.32 Å². The fourth-order valence-electron chi connectivity index (χ4n) is 3.32. The summed E-state index contributed by atoms with van der Waals surface area (Å²) in [6.45, 7) is 3.65. The van der Waals surface area contributed by atoms with E-state index in [9.17, 15) is 19.1 Å². The van der Waals surface area contributed by atoms with E-state index in [4.69, 9.17) is 0 Å². The van der Waals surface area contributed by atoms with Gasteiger partial charge in [-0.05, 0) is 50.3 Å². The average molecular weight is 334 g/mol. The number of aliphatic hydroxyl groups is 1. The molecule has 6 heteroatoms. The Balaban J connectivity index is 1.71. The first-order chi connectivity index (χ1) is 11.3. The smallest absolute Gasteiger partial charge is 0.227 e. The Bertz CT molecular complexity index is 674. The molecule has 2 N–H and O–H groups in total. The van der Waals surface area contributed by atoms with Crippen molar-refractivity contribution >= 4 is 17.5 Å². The van der Waals surface area contributed by atoms with Crippen LogP contribution < -0.4 is 10.2 Å². The third-order valence-electron chi connectivity index (χ3n) is 5.11. The van der Waals surface area contributed by atoms with Crippen LogP contribution in [-0.4, -0.2) is 35.6 Å². The van der Waals surface area contributed by atoms with E-state index in [1.807, 2.05) is 6.92 Å². The second-order valence-electron chi connectivity index (χ2n) is 7.20. The summed E-state index contributed by atoms with van der Waals surface area (Å²) in [6, 6.07) is 4.70. The molecule has 2 aliphatic rings. The minimum atomic E-state index is -0.636. The summed E-state index contributed by atoms with van der Waals surface area (Å²) in [4.78, 5) is 26.1. The van der Waals surface area contributed by atoms with Gasteiger partial charge in [0.15, 0.2) is 0 Å². The van der Waals surface area contributed by atoms with E-state index < -0.39 is 17.3 Å². The first-order valence-corrected chi connectivity index (χ1v) is 8.33. The maximum absolute atomic E-state index is 14.1. The molecule has 0 radical (unpaired) electrons. The highest BCUT2D eigenvalue weighted by atomic mass is 19.1. The summed E-state index contributed by atoms with van der Waals surface area (Å²) in [5.74, 6) is -1.20. The lowest BCUT2D eigenvalue weighted by atomic mass is 9.95. The molecular weight excluding hydrogens is 311 g/mol. The standard InChI is InChI=1S/C18H23FN2O3/c1-11-3-6-15(14(19)7-11)21-9-12(8-16(21)23)17(24)20-18(2,10-22)13-4-5-13/h3,6-7,12-13,22H,4-5,8-10H2,1-2H3,(H,20,24). The van der Waals surface area contributed by atoms with Gasteiger partial charge < -0.3 is 15.3 Å². The van der Waals surface area contributed by atoms with Crippen molar-refractivity contribution in [3.05, 3.63) is 29.6 Å². The Morgan fingerprint density at radius 3 is 2.75 bits per heavy atom. The van der Waals surface area contributed by atoms with Gasteiger partial charge in [-0.25, -0.2) is 4.39 Å². The van der Waals surface area contributed by atoms with E-state index in [0.717, 1.165) is 18.4 Å². The zero-order chi connectivity index (χ0) is 17.5. The van der Waals surface area contributed by atoms with Crippen molar-refractivity contribution in [3.63, 3.8) is 0 Å². The molecule has 1 saturated heterocycles. The molecule has 2 unspecified atom stereocenters. The summed E-state index contributed by atoms with van der Waals surface area (Å²) < 4.78 is 14.1. The number of hydrogen-bond acceptors (Lipinski definition) is 3. The highest BCUT2D eigenvalue weighted by Crippen LogP contribution is 2.39. The number of aryl methyl sites for hydroxylation is 1. The van der Waals surface area contributed by atoms with Crippen molar-refractivity contribution in [2.45, 2.75) is 38.6 Å². The number of aliphatic hydroxyl groups excluding tert-OH is 1. The van der Waals surface area contributed by atoms with Gasteiger partial charge in [0.05, 0.1) is 23.8 Å². The fraction of sp³-hybridized carbons (Fsp3) is 0.556. The lowest BCUT2D eigenvalue weighted by Crippen LogP contribution is -2.52. The van der Waals surface area contributed by atoms with Crippen LogP contribution in [0.5, 0.6) is 0 Å². The first-order valence-electron chi connectivity index (χ1n) is 8.33. The van der Waals surface area contributed by atoms with E-state index in [1.165, 1.54) is 11.0 Å². The summed E-state index contributed by atoms with van der Waals surface area (Å²) in [6.07, 6.45) is 2.04. The number of benzene rings is 1. The first kappa shape index (κ1) is 16.9. The molecule has 1 heterocycles. The molecule has 0 bridgehead atoms. The Hall–Kier alpha value is -1.95. The van der Waals surface area contributed by atoms with Crippen molar-refractivity contribution in [2.75, 3.05) is 18.1 Å². The molecule has 2 atom stereocenters. The second kappa shape index (κ2) is 6.16. The summed E-state index contributed by atoms with van der Waals surface area (Å²) >= 11 is 0.